The van der Waals surface area contributed by atoms with Crippen molar-refractivity contribution in [2.45, 2.75) is 77.0 Å². The van der Waals surface area contributed by atoms with Crippen LogP contribution in [0.4, 0.5) is 4.79 Å². The zero-order valence-electron chi connectivity index (χ0n) is 25.6. The number of piperidine rings is 1. The van der Waals surface area contributed by atoms with Crippen LogP contribution in [0, 0.1) is 0 Å². The smallest absolute Gasteiger partial charge is 0.411 e. The Hall–Kier alpha value is -3.06. The number of amides is 3. The number of hydrogen-bond donors (Lipinski definition) is 1. The minimum Gasteiger partial charge on any atom is -0.460 e. The van der Waals surface area contributed by atoms with Gasteiger partial charge in [-0.25, -0.2) is 4.79 Å². The van der Waals surface area contributed by atoms with Crippen LogP contribution < -0.4 is 5.32 Å². The third kappa shape index (κ3) is 13.0. The number of nitrogens with zero attached hydrogens (tertiary/aromatic N) is 1. The molecule has 1 N–H and O–H groups in total. The molecule has 2 atom stereocenters. The van der Waals surface area contributed by atoms with E-state index >= 15 is 0 Å². The second-order valence-electron chi connectivity index (χ2n) is 11.5. The molecule has 43 heavy (non-hydrogen) atoms. The third-order valence-electron chi connectivity index (χ3n) is 6.74. The van der Waals surface area contributed by atoms with Crippen molar-refractivity contribution in [2.24, 2.45) is 0 Å². The molecule has 0 bridgehead atoms. The summed E-state index contributed by atoms with van der Waals surface area (Å²) in [5.74, 6) is -0.973. The highest BCUT2D eigenvalue weighted by molar-refractivity contribution is 6.01. The Morgan fingerprint density at radius 1 is 0.884 bits per heavy atom. The van der Waals surface area contributed by atoms with Crippen LogP contribution in [0.25, 0.3) is 0 Å². The average molecular weight is 607 g/mol. The van der Waals surface area contributed by atoms with Crippen molar-refractivity contribution in [1.29, 1.82) is 0 Å². The highest BCUT2D eigenvalue weighted by Crippen LogP contribution is 2.29. The van der Waals surface area contributed by atoms with Gasteiger partial charge in [-0.2, -0.15) is 0 Å². The molecule has 2 aliphatic rings. The predicted molar refractivity (Wildman–Crippen MR) is 155 cm³/mol. The van der Waals surface area contributed by atoms with Gasteiger partial charge >= 0.3 is 12.1 Å². The van der Waals surface area contributed by atoms with Crippen molar-refractivity contribution in [2.75, 3.05) is 59.4 Å². The van der Waals surface area contributed by atoms with Gasteiger partial charge in [0.15, 0.2) is 0 Å². The van der Waals surface area contributed by atoms with E-state index in [0.29, 0.717) is 72.1 Å². The number of esters is 1. The zero-order chi connectivity index (χ0) is 31.1. The molecule has 3 amide bonds. The minimum absolute atomic E-state index is 0.210. The molecule has 12 heteroatoms. The molecule has 3 rings (SSSR count). The molecule has 12 nitrogen and oxygen atoms in total. The van der Waals surface area contributed by atoms with Gasteiger partial charge in [0.1, 0.15) is 17.7 Å². The number of ether oxygens (including phenoxy) is 6. The fourth-order valence-electron chi connectivity index (χ4n) is 4.64. The van der Waals surface area contributed by atoms with Gasteiger partial charge in [-0.05, 0) is 57.6 Å². The topological polar surface area (TPSA) is 139 Å². The number of carbonyl (C=O) groups excluding carboxylic acids is 4. The lowest BCUT2D eigenvalue weighted by molar-refractivity contribution is -0.155. The summed E-state index contributed by atoms with van der Waals surface area (Å²) in [4.78, 5) is 48.9. The largest absolute Gasteiger partial charge is 0.460 e. The number of nitrogens with one attached hydrogen (secondary N) is 1. The molecule has 0 spiro atoms. The summed E-state index contributed by atoms with van der Waals surface area (Å²) in [6.07, 6.45) is 2.22. The summed E-state index contributed by atoms with van der Waals surface area (Å²) in [6, 6.07) is 7.23. The first-order valence-corrected chi connectivity index (χ1v) is 15.0. The maximum atomic E-state index is 12.4. The predicted octanol–water partition coefficient (Wildman–Crippen LogP) is 3.11. The minimum atomic E-state index is -0.672. The van der Waals surface area contributed by atoms with Gasteiger partial charge in [0.25, 0.3) is 0 Å². The van der Waals surface area contributed by atoms with E-state index in [1.165, 1.54) is 4.90 Å². The summed E-state index contributed by atoms with van der Waals surface area (Å²) < 4.78 is 32.8. The van der Waals surface area contributed by atoms with E-state index in [-0.39, 0.29) is 24.8 Å². The van der Waals surface area contributed by atoms with Crippen molar-refractivity contribution >= 4 is 23.9 Å². The number of carbonyl (C=O) groups is 4. The SMILES string of the molecule is CC(C)(C)OC(=O)CCCOCCOCCOCCOCCCc1ccc([C@H]2CN(C3CCC(=O)NC3=O)C(=O)O2)cc1. The second-order valence-corrected chi connectivity index (χ2v) is 11.5. The van der Waals surface area contributed by atoms with E-state index in [1.807, 2.05) is 45.0 Å². The first-order chi connectivity index (χ1) is 20.6. The monoisotopic (exact) mass is 606 g/mol. The Kier molecular flexibility index (Phi) is 14.3. The highest BCUT2D eigenvalue weighted by atomic mass is 16.6. The van der Waals surface area contributed by atoms with E-state index in [0.717, 1.165) is 24.0 Å². The van der Waals surface area contributed by atoms with Crippen LogP contribution in [0.1, 0.15) is 70.1 Å². The van der Waals surface area contributed by atoms with Crippen molar-refractivity contribution in [3.8, 4) is 0 Å². The standard InChI is InChI=1S/C31H46N2O10/c1-31(2,3)43-28(35)7-5-15-39-17-19-41-21-20-40-18-16-38-14-4-6-23-8-10-24(11-9-23)26-22-33(30(37)42-26)25-12-13-27(34)32-29(25)36/h8-11,25-26H,4-7,12-22H2,1-3H3,(H,32,34,36)/t25?,26-/m1/s1. The van der Waals surface area contributed by atoms with Crippen LogP contribution >= 0.6 is 0 Å². The quantitative estimate of drug-likeness (QED) is 0.142. The van der Waals surface area contributed by atoms with Crippen molar-refractivity contribution in [3.63, 3.8) is 0 Å². The number of hydrogen-bond acceptors (Lipinski definition) is 10. The van der Waals surface area contributed by atoms with E-state index < -0.39 is 29.7 Å². The highest BCUT2D eigenvalue weighted by Gasteiger charge is 2.41. The van der Waals surface area contributed by atoms with Crippen molar-refractivity contribution in [3.05, 3.63) is 35.4 Å². The molecule has 0 radical (unpaired) electrons. The first kappa shape index (κ1) is 34.4. The first-order valence-electron chi connectivity index (χ1n) is 15.0. The Morgan fingerprint density at radius 2 is 1.47 bits per heavy atom. The van der Waals surface area contributed by atoms with Crippen LogP contribution in [0.2, 0.25) is 0 Å². The lowest BCUT2D eigenvalue weighted by Crippen LogP contribution is -2.52. The summed E-state index contributed by atoms with van der Waals surface area (Å²) in [5.41, 5.74) is 1.56. The van der Waals surface area contributed by atoms with E-state index in [1.54, 1.807) is 0 Å². The van der Waals surface area contributed by atoms with Gasteiger partial charge in [-0.3, -0.25) is 24.6 Å². The fraction of sp³-hybridized carbons (Fsp3) is 0.677. The molecule has 2 aliphatic heterocycles. The van der Waals surface area contributed by atoms with E-state index in [4.69, 9.17) is 28.4 Å². The summed E-state index contributed by atoms with van der Waals surface area (Å²) >= 11 is 0. The number of rotatable bonds is 19. The molecule has 0 aromatic heterocycles. The molecule has 2 fully saturated rings. The average Bonchev–Trinajstić information content (AvgIpc) is 3.33. The van der Waals surface area contributed by atoms with Gasteiger partial charge in [-0.15, -0.1) is 0 Å². The molecule has 1 aromatic carbocycles. The van der Waals surface area contributed by atoms with Crippen LogP contribution in [0.15, 0.2) is 24.3 Å². The fourth-order valence-corrected chi connectivity index (χ4v) is 4.64. The molecular formula is C31H46N2O10. The van der Waals surface area contributed by atoms with Crippen molar-refractivity contribution in [1.82, 2.24) is 10.2 Å². The molecule has 1 aromatic rings. The van der Waals surface area contributed by atoms with E-state index in [9.17, 15) is 19.2 Å². The summed E-state index contributed by atoms with van der Waals surface area (Å²) in [7, 11) is 0. The normalized spacial score (nSPS) is 19.0. The van der Waals surface area contributed by atoms with Gasteiger partial charge in [0.2, 0.25) is 11.8 Å². The molecule has 240 valence electrons. The lowest BCUT2D eigenvalue weighted by atomic mass is 10.0. The van der Waals surface area contributed by atoms with Gasteiger partial charge in [0.05, 0.1) is 46.2 Å². The Bertz CT molecular complexity index is 1040. The maximum absolute atomic E-state index is 12.4. The Labute approximate surface area is 253 Å². The van der Waals surface area contributed by atoms with Crippen LogP contribution in [0.3, 0.4) is 0 Å². The lowest BCUT2D eigenvalue weighted by Gasteiger charge is -2.27. The summed E-state index contributed by atoms with van der Waals surface area (Å²) in [6.45, 7) is 9.85. The Morgan fingerprint density at radius 3 is 2.05 bits per heavy atom. The van der Waals surface area contributed by atoms with Gasteiger partial charge < -0.3 is 28.4 Å². The number of benzene rings is 1. The molecule has 0 aliphatic carbocycles. The molecule has 0 saturated carbocycles. The summed E-state index contributed by atoms with van der Waals surface area (Å²) in [5, 5.41) is 2.29. The maximum Gasteiger partial charge on any atom is 0.411 e. The van der Waals surface area contributed by atoms with Gasteiger partial charge in [0, 0.05) is 26.1 Å². The second kappa shape index (κ2) is 17.9. The van der Waals surface area contributed by atoms with Crippen molar-refractivity contribution < 1.29 is 47.6 Å². The Balaban J connectivity index is 1.13. The van der Waals surface area contributed by atoms with E-state index in [2.05, 4.69) is 5.32 Å². The van der Waals surface area contributed by atoms with Crippen LogP contribution in [-0.2, 0) is 49.2 Å². The number of cyclic esters (lactones) is 1. The molecule has 2 saturated heterocycles. The number of aryl methyl sites for hydroxylation is 1. The molecule has 2 heterocycles. The van der Waals surface area contributed by atoms with Crippen LogP contribution in [0.5, 0.6) is 0 Å². The third-order valence-corrected chi connectivity index (χ3v) is 6.74. The molecular weight excluding hydrogens is 560 g/mol. The molecule has 1 unspecified atom stereocenters. The zero-order valence-corrected chi connectivity index (χ0v) is 25.6. The van der Waals surface area contributed by atoms with Crippen LogP contribution in [-0.4, -0.2) is 99.8 Å². The van der Waals surface area contributed by atoms with Gasteiger partial charge in [-0.1, -0.05) is 24.3 Å². The number of imide groups is 1.